The molecule has 2 amide bonds. The Morgan fingerprint density at radius 3 is 1.63 bits per heavy atom. The highest BCUT2D eigenvalue weighted by Gasteiger charge is 2.48. The first kappa shape index (κ1) is 40.8. The molecule has 9 heteroatoms. The van der Waals surface area contributed by atoms with E-state index >= 15 is 0 Å². The number of nitrogens with one attached hydrogen (secondary N) is 1. The van der Waals surface area contributed by atoms with E-state index in [2.05, 4.69) is 19.2 Å². The van der Waals surface area contributed by atoms with E-state index in [9.17, 15) is 26.3 Å². The van der Waals surface area contributed by atoms with Gasteiger partial charge in [0.2, 0.25) is 5.91 Å². The lowest BCUT2D eigenvalue weighted by Crippen LogP contribution is -2.68. The SMILES string of the molecule is [2H]C1(N(CCCCCCCCCCCC)C(=O)OC(C)CCCCCCCCCCCCCC)O[C@H](CO)[C@@H](O)[C@H](O)[C@H]1NC(C)=O. The highest BCUT2D eigenvalue weighted by atomic mass is 16.6. The minimum absolute atomic E-state index is 0.112. The van der Waals surface area contributed by atoms with Gasteiger partial charge in [-0.2, -0.15) is 0 Å². The van der Waals surface area contributed by atoms with Gasteiger partial charge in [0.15, 0.2) is 6.20 Å². The maximum absolute atomic E-state index is 13.7. The molecule has 1 fully saturated rings. The fourth-order valence-corrected chi connectivity index (χ4v) is 6.22. The Balaban J connectivity index is 2.72. The zero-order chi connectivity index (χ0) is 34.9. The van der Waals surface area contributed by atoms with E-state index in [1.807, 2.05) is 6.92 Å². The molecule has 0 bridgehead atoms. The van der Waals surface area contributed by atoms with Gasteiger partial charge < -0.3 is 30.1 Å². The average Bonchev–Trinajstić information content (AvgIpc) is 3.04. The molecule has 0 aliphatic carbocycles. The number of rotatable bonds is 28. The summed E-state index contributed by atoms with van der Waals surface area (Å²) in [4.78, 5) is 26.9. The van der Waals surface area contributed by atoms with Crippen molar-refractivity contribution >= 4 is 12.0 Å². The van der Waals surface area contributed by atoms with Gasteiger partial charge in [-0.1, -0.05) is 142 Å². The summed E-state index contributed by atoms with van der Waals surface area (Å²) in [5.41, 5.74) is 0. The highest BCUT2D eigenvalue weighted by molar-refractivity contribution is 5.74. The Bertz CT molecular complexity index is 807. The number of unbranched alkanes of at least 4 members (excludes halogenated alkanes) is 20. The van der Waals surface area contributed by atoms with Crippen LogP contribution < -0.4 is 5.32 Å². The molecule has 0 aromatic carbocycles. The summed E-state index contributed by atoms with van der Waals surface area (Å²) >= 11 is 0. The lowest BCUT2D eigenvalue weighted by atomic mass is 9.95. The fraction of sp³-hybridized carbons (Fsp3) is 0.946. The number of ether oxygens (including phenoxy) is 2. The maximum atomic E-state index is 13.7. The van der Waals surface area contributed by atoms with Gasteiger partial charge in [0.05, 0.1) is 7.98 Å². The highest BCUT2D eigenvalue weighted by Crippen LogP contribution is 2.26. The molecule has 1 aliphatic rings. The van der Waals surface area contributed by atoms with Gasteiger partial charge in [-0.15, -0.1) is 0 Å². The van der Waals surface area contributed by atoms with Crippen molar-refractivity contribution in [1.82, 2.24) is 10.2 Å². The Morgan fingerprint density at radius 2 is 1.20 bits per heavy atom. The van der Waals surface area contributed by atoms with Crippen molar-refractivity contribution in [3.05, 3.63) is 0 Å². The second kappa shape index (κ2) is 27.5. The zero-order valence-corrected chi connectivity index (χ0v) is 30.0. The topological polar surface area (TPSA) is 129 Å². The molecule has 0 saturated carbocycles. The van der Waals surface area contributed by atoms with Gasteiger partial charge >= 0.3 is 6.09 Å². The first-order valence-electron chi connectivity index (χ1n) is 19.5. The molecule has 272 valence electrons. The lowest BCUT2D eigenvalue weighted by Gasteiger charge is -2.46. The lowest BCUT2D eigenvalue weighted by molar-refractivity contribution is -0.227. The third-order valence-electron chi connectivity index (χ3n) is 9.14. The van der Waals surface area contributed by atoms with Crippen molar-refractivity contribution in [2.75, 3.05) is 13.2 Å². The van der Waals surface area contributed by atoms with Gasteiger partial charge in [-0.25, -0.2) is 4.79 Å². The molecular formula is C37H72N2O7. The van der Waals surface area contributed by atoms with E-state index in [4.69, 9.17) is 9.47 Å². The molecule has 0 spiro atoms. The normalized spacial score (nSPS) is 23.9. The van der Waals surface area contributed by atoms with E-state index in [0.29, 0.717) is 12.8 Å². The second-order valence-electron chi connectivity index (χ2n) is 13.5. The average molecular weight is 658 g/mol. The summed E-state index contributed by atoms with van der Waals surface area (Å²) < 4.78 is 20.9. The second-order valence-corrected chi connectivity index (χ2v) is 13.5. The van der Waals surface area contributed by atoms with Crippen LogP contribution in [0.5, 0.6) is 0 Å². The number of amides is 2. The maximum Gasteiger partial charge on any atom is 0.412 e. The summed E-state index contributed by atoms with van der Waals surface area (Å²) in [5, 5.41) is 33.8. The summed E-state index contributed by atoms with van der Waals surface area (Å²) in [6.07, 6.45) is 18.7. The summed E-state index contributed by atoms with van der Waals surface area (Å²) in [5.74, 6) is -0.545. The fourth-order valence-electron chi connectivity index (χ4n) is 6.22. The van der Waals surface area contributed by atoms with Crippen LogP contribution in [-0.2, 0) is 14.3 Å². The molecule has 1 aliphatic heterocycles. The van der Waals surface area contributed by atoms with E-state index in [1.165, 1.54) is 103 Å². The molecule has 9 nitrogen and oxygen atoms in total. The van der Waals surface area contributed by atoms with Gasteiger partial charge in [0.1, 0.15) is 30.5 Å². The minimum atomic E-state index is -2.29. The molecule has 1 heterocycles. The molecule has 6 atom stereocenters. The van der Waals surface area contributed by atoms with Crippen molar-refractivity contribution in [2.45, 2.75) is 212 Å². The van der Waals surface area contributed by atoms with Crippen LogP contribution >= 0.6 is 0 Å². The van der Waals surface area contributed by atoms with Crippen molar-refractivity contribution in [2.24, 2.45) is 0 Å². The standard InChI is InChI=1S/C37H72N2O7/c1-5-7-9-11-13-15-17-18-19-21-23-25-27-30(3)45-37(44)39(28-26-24-22-20-16-14-12-10-8-6-2)36-33(38-31(4)41)35(43)34(42)32(29-40)46-36/h30,32-36,40,42-43H,5-29H2,1-4H3,(H,38,41)/t30?,32-,33-,34-,35-,36?/m1/s1/i36D. The summed E-state index contributed by atoms with van der Waals surface area (Å²) in [6, 6.07) is -1.44. The molecule has 0 aromatic rings. The quantitative estimate of drug-likeness (QED) is 0.0633. The van der Waals surface area contributed by atoms with Crippen molar-refractivity contribution in [3.63, 3.8) is 0 Å². The van der Waals surface area contributed by atoms with Gasteiger partial charge in [0, 0.05) is 13.5 Å². The first-order chi connectivity index (χ1) is 22.6. The van der Waals surface area contributed by atoms with Gasteiger partial charge in [-0.05, 0) is 26.2 Å². The number of nitrogens with zero attached hydrogens (tertiary/aromatic N) is 1. The molecular weight excluding hydrogens is 584 g/mol. The summed E-state index contributed by atoms with van der Waals surface area (Å²) in [6.45, 7) is 6.98. The Kier molecular flexibility index (Phi) is 24.4. The number of carbonyl (C=O) groups excluding carboxylic acids is 2. The van der Waals surface area contributed by atoms with Crippen LogP contribution in [0.3, 0.4) is 0 Å². The van der Waals surface area contributed by atoms with Crippen LogP contribution in [0, 0.1) is 0 Å². The molecule has 0 aromatic heterocycles. The first-order valence-corrected chi connectivity index (χ1v) is 19.0. The Morgan fingerprint density at radius 1 is 0.761 bits per heavy atom. The summed E-state index contributed by atoms with van der Waals surface area (Å²) in [7, 11) is 0. The van der Waals surface area contributed by atoms with Crippen LogP contribution in [0.1, 0.15) is 177 Å². The predicted molar refractivity (Wildman–Crippen MR) is 186 cm³/mol. The van der Waals surface area contributed by atoms with E-state index in [1.54, 1.807) is 0 Å². The molecule has 0 radical (unpaired) electrons. The molecule has 1 rings (SSSR count). The zero-order valence-electron chi connectivity index (χ0n) is 31.0. The van der Waals surface area contributed by atoms with E-state index in [0.717, 1.165) is 43.4 Å². The molecule has 4 N–H and O–H groups in total. The number of hydrogen-bond donors (Lipinski definition) is 4. The van der Waals surface area contributed by atoms with Crippen LogP contribution in [0.4, 0.5) is 4.79 Å². The third-order valence-corrected chi connectivity index (χ3v) is 9.14. The Hall–Kier alpha value is -1.42. The number of hydrogen-bond acceptors (Lipinski definition) is 7. The van der Waals surface area contributed by atoms with Crippen LogP contribution in [0.25, 0.3) is 0 Å². The van der Waals surface area contributed by atoms with E-state index in [-0.39, 0.29) is 6.54 Å². The monoisotopic (exact) mass is 658 g/mol. The van der Waals surface area contributed by atoms with E-state index < -0.39 is 55.3 Å². The smallest absolute Gasteiger partial charge is 0.412 e. The van der Waals surface area contributed by atoms with Crippen molar-refractivity contribution in [3.8, 4) is 0 Å². The number of aliphatic hydroxyl groups excluding tert-OH is 3. The molecule has 1 saturated heterocycles. The molecule has 46 heavy (non-hydrogen) atoms. The van der Waals surface area contributed by atoms with Crippen molar-refractivity contribution in [1.29, 1.82) is 0 Å². The predicted octanol–water partition coefficient (Wildman–Crippen LogP) is 7.77. The largest absolute Gasteiger partial charge is 0.446 e. The van der Waals surface area contributed by atoms with Gasteiger partial charge in [-0.3, -0.25) is 9.69 Å². The van der Waals surface area contributed by atoms with Crippen molar-refractivity contribution < 1.29 is 35.8 Å². The van der Waals surface area contributed by atoms with Crippen LogP contribution in [0.15, 0.2) is 0 Å². The van der Waals surface area contributed by atoms with Crippen LogP contribution in [0.2, 0.25) is 0 Å². The third kappa shape index (κ3) is 18.8. The molecule has 2 unspecified atom stereocenters. The number of carbonyl (C=O) groups is 2. The number of aliphatic hydroxyl groups is 3. The Labute approximate surface area is 283 Å². The van der Waals surface area contributed by atoms with Gasteiger partial charge in [0.25, 0.3) is 0 Å². The minimum Gasteiger partial charge on any atom is -0.446 e. The van der Waals surface area contributed by atoms with Crippen LogP contribution in [-0.4, -0.2) is 82.0 Å².